The van der Waals surface area contributed by atoms with Crippen molar-refractivity contribution < 1.29 is 4.79 Å². The van der Waals surface area contributed by atoms with Gasteiger partial charge in [0.2, 0.25) is 0 Å². The average Bonchev–Trinajstić information content (AvgIpc) is 3.02. The molecule has 0 saturated heterocycles. The summed E-state index contributed by atoms with van der Waals surface area (Å²) in [6.45, 7) is 8.71. The molecule has 0 aliphatic heterocycles. The molecule has 2 heterocycles. The Morgan fingerprint density at radius 2 is 2.04 bits per heavy atom. The summed E-state index contributed by atoms with van der Waals surface area (Å²) < 4.78 is 1.70. The fourth-order valence-corrected chi connectivity index (χ4v) is 5.14. The Morgan fingerprint density at radius 3 is 2.75 bits per heavy atom. The van der Waals surface area contributed by atoms with E-state index in [-0.39, 0.29) is 22.6 Å². The summed E-state index contributed by atoms with van der Waals surface area (Å²) in [4.78, 5) is 32.2. The molecule has 0 unspecified atom stereocenters. The molecule has 1 aromatic carbocycles. The summed E-state index contributed by atoms with van der Waals surface area (Å²) in [7, 11) is 0. The van der Waals surface area contributed by atoms with Crippen LogP contribution in [0.25, 0.3) is 4.96 Å². The molecule has 3 aromatic rings. The highest BCUT2D eigenvalue weighted by Crippen LogP contribution is 2.39. The van der Waals surface area contributed by atoms with Crippen LogP contribution in [-0.4, -0.2) is 15.3 Å². The van der Waals surface area contributed by atoms with E-state index in [0.29, 0.717) is 16.4 Å². The zero-order chi connectivity index (χ0) is 20.1. The van der Waals surface area contributed by atoms with Gasteiger partial charge in [0.05, 0.1) is 6.20 Å². The zero-order valence-corrected chi connectivity index (χ0v) is 17.5. The molecular weight excluding hydrogens is 370 g/mol. The summed E-state index contributed by atoms with van der Waals surface area (Å²) in [5, 5.41) is 2.76. The number of carbonyl (C=O) groups is 1. The van der Waals surface area contributed by atoms with E-state index in [0.717, 1.165) is 30.5 Å². The van der Waals surface area contributed by atoms with Gasteiger partial charge in [-0.1, -0.05) is 39.0 Å². The van der Waals surface area contributed by atoms with Gasteiger partial charge in [0.15, 0.2) is 4.96 Å². The second-order valence-corrected chi connectivity index (χ2v) is 9.70. The SMILES string of the molecule is Cc1ccccc1C(=O)Nc1cnc2sc3c(n2c1=O)CC[C@H](C(C)(C)C)C3. The molecule has 0 spiro atoms. The predicted molar refractivity (Wildman–Crippen MR) is 113 cm³/mol. The summed E-state index contributed by atoms with van der Waals surface area (Å²) >= 11 is 1.60. The standard InChI is InChI=1S/C22H25N3O2S/c1-13-7-5-6-8-15(13)19(26)24-16-12-23-21-25(20(16)27)17-10-9-14(22(2,3)4)11-18(17)28-21/h5-8,12,14H,9-11H2,1-4H3,(H,24,26)/t14-/m0/s1. The van der Waals surface area contributed by atoms with Crippen molar-refractivity contribution in [3.8, 4) is 0 Å². The number of hydrogen-bond acceptors (Lipinski definition) is 4. The number of aryl methyl sites for hydroxylation is 2. The molecule has 0 saturated carbocycles. The highest BCUT2D eigenvalue weighted by molar-refractivity contribution is 7.17. The summed E-state index contributed by atoms with van der Waals surface area (Å²) in [5.74, 6) is 0.317. The van der Waals surface area contributed by atoms with E-state index < -0.39 is 0 Å². The normalized spacial score (nSPS) is 16.8. The van der Waals surface area contributed by atoms with Crippen molar-refractivity contribution >= 4 is 27.9 Å². The number of anilines is 1. The van der Waals surface area contributed by atoms with E-state index >= 15 is 0 Å². The van der Waals surface area contributed by atoms with Crippen LogP contribution in [0.15, 0.2) is 35.3 Å². The molecule has 28 heavy (non-hydrogen) atoms. The van der Waals surface area contributed by atoms with Gasteiger partial charge in [0, 0.05) is 16.1 Å². The minimum absolute atomic E-state index is 0.196. The molecule has 146 valence electrons. The molecule has 1 N–H and O–H groups in total. The van der Waals surface area contributed by atoms with Crippen molar-refractivity contribution in [2.24, 2.45) is 11.3 Å². The molecule has 5 nitrogen and oxygen atoms in total. The Hall–Kier alpha value is -2.47. The number of hydrogen-bond donors (Lipinski definition) is 1. The molecule has 2 aromatic heterocycles. The topological polar surface area (TPSA) is 63.5 Å². The molecule has 0 radical (unpaired) electrons. The third kappa shape index (κ3) is 3.26. The van der Waals surface area contributed by atoms with Crippen molar-refractivity contribution in [3.63, 3.8) is 0 Å². The van der Waals surface area contributed by atoms with Gasteiger partial charge in [-0.15, -0.1) is 11.3 Å². The van der Waals surface area contributed by atoms with E-state index in [2.05, 4.69) is 31.1 Å². The van der Waals surface area contributed by atoms with Crippen molar-refractivity contribution in [2.75, 3.05) is 5.32 Å². The Balaban J connectivity index is 1.70. The van der Waals surface area contributed by atoms with Gasteiger partial charge >= 0.3 is 0 Å². The number of aromatic nitrogens is 2. The Morgan fingerprint density at radius 1 is 1.29 bits per heavy atom. The molecule has 4 rings (SSSR count). The molecular formula is C22H25N3O2S. The van der Waals surface area contributed by atoms with Gasteiger partial charge < -0.3 is 5.32 Å². The molecule has 0 bridgehead atoms. The second-order valence-electron chi connectivity index (χ2n) is 8.64. The first-order chi connectivity index (χ1) is 13.3. The zero-order valence-electron chi connectivity index (χ0n) is 16.7. The maximum atomic E-state index is 13.1. The highest BCUT2D eigenvalue weighted by atomic mass is 32.1. The molecule has 1 atom stereocenters. The van der Waals surface area contributed by atoms with Crippen LogP contribution in [0.4, 0.5) is 5.69 Å². The van der Waals surface area contributed by atoms with Crippen LogP contribution in [0.2, 0.25) is 0 Å². The Labute approximate surface area is 168 Å². The van der Waals surface area contributed by atoms with Crippen LogP contribution in [0, 0.1) is 18.3 Å². The number of benzene rings is 1. The highest BCUT2D eigenvalue weighted by Gasteiger charge is 2.31. The van der Waals surface area contributed by atoms with E-state index in [9.17, 15) is 9.59 Å². The number of carbonyl (C=O) groups excluding carboxylic acids is 1. The summed E-state index contributed by atoms with van der Waals surface area (Å²) in [6, 6.07) is 7.34. The van der Waals surface area contributed by atoms with Gasteiger partial charge in [0.25, 0.3) is 11.5 Å². The van der Waals surface area contributed by atoms with Gasteiger partial charge in [-0.2, -0.15) is 0 Å². The maximum absolute atomic E-state index is 13.1. The van der Waals surface area contributed by atoms with Crippen LogP contribution in [0.3, 0.4) is 0 Å². The van der Waals surface area contributed by atoms with E-state index in [1.807, 2.05) is 25.1 Å². The number of nitrogens with zero attached hydrogens (tertiary/aromatic N) is 2. The maximum Gasteiger partial charge on any atom is 0.282 e. The summed E-state index contributed by atoms with van der Waals surface area (Å²) in [6.07, 6.45) is 4.40. The molecule has 1 aliphatic rings. The van der Waals surface area contributed by atoms with Crippen LogP contribution in [0.1, 0.15) is 53.7 Å². The summed E-state index contributed by atoms with van der Waals surface area (Å²) in [5.41, 5.74) is 2.77. The third-order valence-electron chi connectivity index (χ3n) is 5.76. The lowest BCUT2D eigenvalue weighted by molar-refractivity contribution is 0.102. The number of rotatable bonds is 2. The van der Waals surface area contributed by atoms with Gasteiger partial charge in [0.1, 0.15) is 5.69 Å². The van der Waals surface area contributed by atoms with Crippen molar-refractivity contribution in [3.05, 3.63) is 62.5 Å². The van der Waals surface area contributed by atoms with E-state index in [1.54, 1.807) is 21.8 Å². The predicted octanol–water partition coefficient (Wildman–Crippen LogP) is 4.47. The monoisotopic (exact) mass is 395 g/mol. The number of amides is 1. The first kappa shape index (κ1) is 18.9. The van der Waals surface area contributed by atoms with Gasteiger partial charge in [-0.05, 0) is 49.1 Å². The minimum Gasteiger partial charge on any atom is -0.316 e. The van der Waals surface area contributed by atoms with Crippen molar-refractivity contribution in [1.82, 2.24) is 9.38 Å². The first-order valence-electron chi connectivity index (χ1n) is 9.65. The van der Waals surface area contributed by atoms with Crippen molar-refractivity contribution in [1.29, 1.82) is 0 Å². The minimum atomic E-state index is -0.283. The smallest absolute Gasteiger partial charge is 0.282 e. The fraction of sp³-hybridized carbons (Fsp3) is 0.409. The molecule has 1 aliphatic carbocycles. The van der Waals surface area contributed by atoms with E-state index in [1.165, 1.54) is 11.1 Å². The van der Waals surface area contributed by atoms with E-state index in [4.69, 9.17) is 0 Å². The van der Waals surface area contributed by atoms with Crippen LogP contribution >= 0.6 is 11.3 Å². The Bertz CT molecular complexity index is 1120. The van der Waals surface area contributed by atoms with Crippen molar-refractivity contribution in [2.45, 2.75) is 47.0 Å². The number of fused-ring (bicyclic) bond motifs is 3. The van der Waals surface area contributed by atoms with Gasteiger partial charge in [-0.3, -0.25) is 14.0 Å². The lowest BCUT2D eigenvalue weighted by atomic mass is 9.73. The average molecular weight is 396 g/mol. The fourth-order valence-electron chi connectivity index (χ4n) is 3.93. The molecule has 1 amide bonds. The van der Waals surface area contributed by atoms with Crippen LogP contribution in [0.5, 0.6) is 0 Å². The molecule has 0 fully saturated rings. The lowest BCUT2D eigenvalue weighted by Crippen LogP contribution is -2.28. The van der Waals surface area contributed by atoms with Crippen LogP contribution < -0.4 is 10.9 Å². The third-order valence-corrected chi connectivity index (χ3v) is 6.88. The van der Waals surface area contributed by atoms with Gasteiger partial charge in [-0.25, -0.2) is 4.98 Å². The Kier molecular flexibility index (Phi) is 4.62. The van der Waals surface area contributed by atoms with Crippen LogP contribution in [-0.2, 0) is 12.8 Å². The second kappa shape index (κ2) is 6.85. The molecule has 6 heteroatoms. The number of thiazole rings is 1. The lowest BCUT2D eigenvalue weighted by Gasteiger charge is -2.33. The quantitative estimate of drug-likeness (QED) is 0.696. The number of nitrogens with one attached hydrogen (secondary N) is 1. The first-order valence-corrected chi connectivity index (χ1v) is 10.5. The largest absolute Gasteiger partial charge is 0.316 e.